The summed E-state index contributed by atoms with van der Waals surface area (Å²) in [7, 11) is 0. The molecular weight excluding hydrogens is 392 g/mol. The Hall–Kier alpha value is -4.24. The van der Waals surface area contributed by atoms with E-state index in [1.54, 1.807) is 0 Å². The summed E-state index contributed by atoms with van der Waals surface area (Å²) in [4.78, 5) is 9.93. The smallest absolute Gasteiger partial charge is 0.164 e. The Kier molecular flexibility index (Phi) is 4.32. The van der Waals surface area contributed by atoms with E-state index >= 15 is 0 Å². The lowest BCUT2D eigenvalue weighted by Crippen LogP contribution is -1.96. The minimum atomic E-state index is 0.659. The summed E-state index contributed by atoms with van der Waals surface area (Å²) < 4.78 is 6.30. The molecule has 32 heavy (non-hydrogen) atoms. The van der Waals surface area contributed by atoms with Gasteiger partial charge in [-0.1, -0.05) is 84.4 Å². The Morgan fingerprint density at radius 3 is 1.91 bits per heavy atom. The average molecular weight is 412 g/mol. The fraction of sp³-hybridized carbons (Fsp3) is 0.0345. The van der Waals surface area contributed by atoms with Crippen molar-refractivity contribution >= 4 is 21.9 Å². The SMILES string of the molecule is Cc1ccc2oc3c(-c4nc(-c5ccccc5)cc(-c5ccccc5)n4)cccc3c2c1. The highest BCUT2D eigenvalue weighted by molar-refractivity contribution is 6.09. The van der Waals surface area contributed by atoms with Crippen molar-refractivity contribution in [1.82, 2.24) is 9.97 Å². The average Bonchev–Trinajstić information content (AvgIpc) is 3.23. The second-order valence-electron chi connectivity index (χ2n) is 7.98. The zero-order valence-corrected chi connectivity index (χ0v) is 17.6. The first-order chi connectivity index (χ1) is 15.8. The molecule has 0 aliphatic carbocycles. The third kappa shape index (κ3) is 3.15. The second kappa shape index (κ2) is 7.47. The minimum Gasteiger partial charge on any atom is -0.455 e. The van der Waals surface area contributed by atoms with Gasteiger partial charge in [0.15, 0.2) is 5.82 Å². The summed E-state index contributed by atoms with van der Waals surface area (Å²) in [5, 5.41) is 2.19. The number of hydrogen-bond acceptors (Lipinski definition) is 3. The molecule has 3 heteroatoms. The van der Waals surface area contributed by atoms with Gasteiger partial charge in [-0.25, -0.2) is 9.97 Å². The normalized spacial score (nSPS) is 11.3. The van der Waals surface area contributed by atoms with Gasteiger partial charge in [-0.2, -0.15) is 0 Å². The molecule has 0 aliphatic rings. The number of rotatable bonds is 3. The van der Waals surface area contributed by atoms with Crippen LogP contribution in [0.15, 0.2) is 108 Å². The molecule has 0 aliphatic heterocycles. The Morgan fingerprint density at radius 1 is 0.594 bits per heavy atom. The first kappa shape index (κ1) is 18.5. The van der Waals surface area contributed by atoms with E-state index < -0.39 is 0 Å². The van der Waals surface area contributed by atoms with Crippen LogP contribution >= 0.6 is 0 Å². The lowest BCUT2D eigenvalue weighted by molar-refractivity contribution is 0.669. The van der Waals surface area contributed by atoms with Crippen molar-refractivity contribution in [3.05, 3.63) is 109 Å². The molecule has 0 unspecified atom stereocenters. The second-order valence-corrected chi connectivity index (χ2v) is 7.98. The number of fused-ring (bicyclic) bond motifs is 3. The van der Waals surface area contributed by atoms with Crippen molar-refractivity contribution in [2.75, 3.05) is 0 Å². The number of furan rings is 1. The van der Waals surface area contributed by atoms with Gasteiger partial charge in [-0.3, -0.25) is 0 Å². The third-order valence-corrected chi connectivity index (χ3v) is 5.76. The van der Waals surface area contributed by atoms with E-state index in [4.69, 9.17) is 14.4 Å². The molecule has 0 radical (unpaired) electrons. The number of benzene rings is 4. The quantitative estimate of drug-likeness (QED) is 0.299. The maximum atomic E-state index is 6.30. The van der Waals surface area contributed by atoms with Crippen LogP contribution in [0.3, 0.4) is 0 Å². The third-order valence-electron chi connectivity index (χ3n) is 5.76. The molecule has 2 aromatic heterocycles. The molecule has 6 rings (SSSR count). The molecule has 0 N–H and O–H groups in total. The minimum absolute atomic E-state index is 0.659. The Bertz CT molecular complexity index is 1510. The van der Waals surface area contributed by atoms with E-state index in [-0.39, 0.29) is 0 Å². The number of hydrogen-bond donors (Lipinski definition) is 0. The number of nitrogens with zero attached hydrogens (tertiary/aromatic N) is 2. The van der Waals surface area contributed by atoms with Gasteiger partial charge in [0.2, 0.25) is 0 Å². The van der Waals surface area contributed by atoms with Gasteiger partial charge < -0.3 is 4.42 Å². The fourth-order valence-electron chi connectivity index (χ4n) is 4.17. The maximum absolute atomic E-state index is 6.30. The van der Waals surface area contributed by atoms with Crippen LogP contribution in [0.2, 0.25) is 0 Å². The summed E-state index contributed by atoms with van der Waals surface area (Å²) in [5.74, 6) is 0.659. The Morgan fingerprint density at radius 2 is 1.25 bits per heavy atom. The van der Waals surface area contributed by atoms with Crippen LogP contribution in [0.4, 0.5) is 0 Å². The largest absolute Gasteiger partial charge is 0.455 e. The van der Waals surface area contributed by atoms with E-state index in [9.17, 15) is 0 Å². The monoisotopic (exact) mass is 412 g/mol. The molecule has 6 aromatic rings. The molecule has 0 spiro atoms. The van der Waals surface area contributed by atoms with Crippen LogP contribution < -0.4 is 0 Å². The number of para-hydroxylation sites is 1. The van der Waals surface area contributed by atoms with Gasteiger partial charge in [-0.05, 0) is 31.2 Å². The molecule has 0 saturated carbocycles. The molecule has 3 nitrogen and oxygen atoms in total. The predicted molar refractivity (Wildman–Crippen MR) is 130 cm³/mol. The van der Waals surface area contributed by atoms with E-state index in [1.165, 1.54) is 5.56 Å². The molecule has 0 fully saturated rings. The van der Waals surface area contributed by atoms with Crippen LogP contribution in [0.25, 0.3) is 55.8 Å². The van der Waals surface area contributed by atoms with Gasteiger partial charge >= 0.3 is 0 Å². The lowest BCUT2D eigenvalue weighted by atomic mass is 10.0. The molecule has 0 saturated heterocycles. The van der Waals surface area contributed by atoms with E-state index in [1.807, 2.05) is 48.5 Å². The highest BCUT2D eigenvalue weighted by Crippen LogP contribution is 2.36. The lowest BCUT2D eigenvalue weighted by Gasteiger charge is -2.09. The molecular formula is C29H20N2O. The van der Waals surface area contributed by atoms with E-state index in [2.05, 4.69) is 61.5 Å². The molecule has 0 amide bonds. The van der Waals surface area contributed by atoms with Crippen LogP contribution in [-0.2, 0) is 0 Å². The highest BCUT2D eigenvalue weighted by atomic mass is 16.3. The predicted octanol–water partition coefficient (Wildman–Crippen LogP) is 7.69. The van der Waals surface area contributed by atoms with Crippen molar-refractivity contribution in [2.45, 2.75) is 6.92 Å². The van der Waals surface area contributed by atoms with Crippen LogP contribution in [0.1, 0.15) is 5.56 Å². The van der Waals surface area contributed by atoms with Crippen molar-refractivity contribution in [2.24, 2.45) is 0 Å². The summed E-state index contributed by atoms with van der Waals surface area (Å²) in [6, 6.07) is 35.0. The summed E-state index contributed by atoms with van der Waals surface area (Å²) in [6.45, 7) is 2.10. The topological polar surface area (TPSA) is 38.9 Å². The molecule has 0 atom stereocenters. The molecule has 152 valence electrons. The first-order valence-corrected chi connectivity index (χ1v) is 10.7. The molecule has 0 bridgehead atoms. The standard InChI is InChI=1S/C29H20N2O/c1-19-15-16-27-24(17-19)22-13-8-14-23(28(22)32-27)29-30-25(20-9-4-2-5-10-20)18-26(31-29)21-11-6-3-7-12-21/h2-18H,1H3. The van der Waals surface area contributed by atoms with Gasteiger partial charge in [0, 0.05) is 21.9 Å². The molecule has 2 heterocycles. The van der Waals surface area contributed by atoms with Crippen LogP contribution in [0.5, 0.6) is 0 Å². The van der Waals surface area contributed by atoms with E-state index in [0.717, 1.165) is 50.0 Å². The van der Waals surface area contributed by atoms with Crippen LogP contribution in [-0.4, -0.2) is 9.97 Å². The summed E-state index contributed by atoms with van der Waals surface area (Å²) in [6.07, 6.45) is 0. The first-order valence-electron chi connectivity index (χ1n) is 10.7. The molecule has 4 aromatic carbocycles. The Labute approximate surface area is 186 Å². The van der Waals surface area contributed by atoms with Crippen molar-refractivity contribution < 1.29 is 4.42 Å². The van der Waals surface area contributed by atoms with Crippen molar-refractivity contribution in [1.29, 1.82) is 0 Å². The highest BCUT2D eigenvalue weighted by Gasteiger charge is 2.16. The van der Waals surface area contributed by atoms with Gasteiger partial charge in [0.25, 0.3) is 0 Å². The van der Waals surface area contributed by atoms with Gasteiger partial charge in [-0.15, -0.1) is 0 Å². The maximum Gasteiger partial charge on any atom is 0.164 e. The number of aromatic nitrogens is 2. The number of aryl methyl sites for hydroxylation is 1. The fourth-order valence-corrected chi connectivity index (χ4v) is 4.17. The van der Waals surface area contributed by atoms with Gasteiger partial charge in [0.1, 0.15) is 11.2 Å². The summed E-state index contributed by atoms with van der Waals surface area (Å²) in [5.41, 5.74) is 7.68. The van der Waals surface area contributed by atoms with E-state index in [0.29, 0.717) is 5.82 Å². The zero-order chi connectivity index (χ0) is 21.5. The zero-order valence-electron chi connectivity index (χ0n) is 17.6. The van der Waals surface area contributed by atoms with Crippen LogP contribution in [0, 0.1) is 6.92 Å². The van der Waals surface area contributed by atoms with Crippen molar-refractivity contribution in [3.63, 3.8) is 0 Å². The Balaban J connectivity index is 1.63. The van der Waals surface area contributed by atoms with Gasteiger partial charge in [0.05, 0.1) is 17.0 Å². The summed E-state index contributed by atoms with van der Waals surface area (Å²) >= 11 is 0. The van der Waals surface area contributed by atoms with Crippen molar-refractivity contribution in [3.8, 4) is 33.9 Å².